The van der Waals surface area contributed by atoms with Gasteiger partial charge in [-0.25, -0.2) is 9.78 Å². The molecule has 2 aliphatic rings. The Bertz CT molecular complexity index is 1070. The number of nitrogen functional groups attached to an aromatic ring is 1. The summed E-state index contributed by atoms with van der Waals surface area (Å²) in [7, 11) is 0. The second-order valence-corrected chi connectivity index (χ2v) is 8.31. The van der Waals surface area contributed by atoms with Crippen LogP contribution in [0.3, 0.4) is 0 Å². The van der Waals surface area contributed by atoms with Crippen molar-refractivity contribution in [3.05, 3.63) is 22.3 Å². The number of fused-ring (bicyclic) bond motifs is 1. The number of hydrogen-bond acceptors (Lipinski definition) is 11. The predicted molar refractivity (Wildman–Crippen MR) is 114 cm³/mol. The number of hydrogen-bond donors (Lipinski definition) is 3. The van der Waals surface area contributed by atoms with Gasteiger partial charge in [0.05, 0.1) is 0 Å². The first-order chi connectivity index (χ1) is 15.3. The molecule has 1 saturated heterocycles. The van der Waals surface area contributed by atoms with Gasteiger partial charge >= 0.3 is 11.9 Å². The zero-order valence-electron chi connectivity index (χ0n) is 16.6. The number of amides is 2. The summed E-state index contributed by atoms with van der Waals surface area (Å²) in [6.45, 7) is 0.892. The van der Waals surface area contributed by atoms with E-state index in [-0.39, 0.29) is 24.7 Å². The Labute approximate surface area is 189 Å². The predicted octanol–water partition coefficient (Wildman–Crippen LogP) is -0.619. The van der Waals surface area contributed by atoms with Crippen LogP contribution in [-0.4, -0.2) is 75.3 Å². The van der Waals surface area contributed by atoms with Crippen molar-refractivity contribution in [2.75, 3.05) is 24.7 Å². The van der Waals surface area contributed by atoms with Crippen molar-refractivity contribution in [3.63, 3.8) is 0 Å². The van der Waals surface area contributed by atoms with Crippen LogP contribution in [0.4, 0.5) is 5.13 Å². The number of esters is 1. The summed E-state index contributed by atoms with van der Waals surface area (Å²) in [6, 6.07) is -0.918. The second kappa shape index (κ2) is 10.2. The number of nitrogens with two attached hydrogens (primary N) is 1. The number of carbonyl (C=O) groups is 4. The van der Waals surface area contributed by atoms with Crippen molar-refractivity contribution >= 4 is 58.2 Å². The van der Waals surface area contributed by atoms with E-state index < -0.39 is 35.2 Å². The van der Waals surface area contributed by atoms with E-state index in [4.69, 9.17) is 15.3 Å². The maximum absolute atomic E-state index is 12.5. The third kappa shape index (κ3) is 5.37. The van der Waals surface area contributed by atoms with Gasteiger partial charge in [-0.05, 0) is 5.92 Å². The molecule has 1 fully saturated rings. The normalized spacial score (nSPS) is 19.5. The zero-order chi connectivity index (χ0) is 23.3. The quantitative estimate of drug-likeness (QED) is 0.114. The van der Waals surface area contributed by atoms with E-state index in [2.05, 4.69) is 27.3 Å². The average molecular weight is 479 g/mol. The number of thiazole rings is 1. The van der Waals surface area contributed by atoms with Gasteiger partial charge in [-0.2, -0.15) is 0 Å². The van der Waals surface area contributed by atoms with Crippen LogP contribution < -0.4 is 11.1 Å². The summed E-state index contributed by atoms with van der Waals surface area (Å²) < 4.78 is 4.86. The largest absolute Gasteiger partial charge is 0.477 e. The SMILES string of the molecule is CC(=O)OCC1=C(C(=O)O)N2C(=O)[C@@H](NC(=O)/C=N\OCC#Cc3csc(N)n3)[C@@H]2SC1. The highest BCUT2D eigenvalue weighted by molar-refractivity contribution is 8.00. The number of β-lactam (4-membered cyclic amide) rings is 1. The topological polar surface area (TPSA) is 174 Å². The molecule has 12 nitrogen and oxygen atoms in total. The van der Waals surface area contributed by atoms with Crippen molar-refractivity contribution in [1.29, 1.82) is 0 Å². The number of thioether (sulfide) groups is 1. The number of aliphatic carboxylic acids is 1. The van der Waals surface area contributed by atoms with Crippen LogP contribution in [0, 0.1) is 11.8 Å². The van der Waals surface area contributed by atoms with Crippen LogP contribution in [-0.2, 0) is 28.8 Å². The molecule has 2 atom stereocenters. The molecule has 2 aliphatic heterocycles. The van der Waals surface area contributed by atoms with Crippen LogP contribution in [0.2, 0.25) is 0 Å². The second-order valence-electron chi connectivity index (χ2n) is 6.31. The number of aromatic nitrogens is 1. The van der Waals surface area contributed by atoms with Gasteiger partial charge in [-0.1, -0.05) is 11.1 Å². The first kappa shape index (κ1) is 23.1. The minimum absolute atomic E-state index is 0.0896. The van der Waals surface area contributed by atoms with E-state index in [1.165, 1.54) is 30.0 Å². The monoisotopic (exact) mass is 479 g/mol. The molecule has 3 heterocycles. The number of nitrogens with one attached hydrogen (secondary N) is 1. The fourth-order valence-corrected chi connectivity index (χ4v) is 4.62. The summed E-state index contributed by atoms with van der Waals surface area (Å²) in [4.78, 5) is 57.0. The van der Waals surface area contributed by atoms with Gasteiger partial charge in [0, 0.05) is 23.6 Å². The standard InChI is InChI=1S/C18H17N5O7S2/c1-9(24)29-6-10-7-31-16-13(15(26)23(16)14(10)17(27)28)22-12(25)5-20-30-4-2-3-11-8-32-18(19)21-11/h5,8,13,16H,4,6-7H2,1H3,(H2,19,21)(H,22,25)(H,27,28)/b20-5-/t13-,16+/m1/s1. The molecule has 0 saturated carbocycles. The minimum Gasteiger partial charge on any atom is -0.477 e. The molecule has 14 heteroatoms. The molecule has 0 aliphatic carbocycles. The fourth-order valence-electron chi connectivity index (χ4n) is 2.80. The number of ether oxygens (including phenoxy) is 1. The fraction of sp³-hybridized carbons (Fsp3) is 0.333. The summed E-state index contributed by atoms with van der Waals surface area (Å²) in [6.07, 6.45) is 0.853. The van der Waals surface area contributed by atoms with Crippen molar-refractivity contribution in [2.24, 2.45) is 5.16 Å². The highest BCUT2D eigenvalue weighted by Crippen LogP contribution is 2.40. The molecule has 3 rings (SSSR count). The van der Waals surface area contributed by atoms with Gasteiger partial charge in [0.1, 0.15) is 35.6 Å². The zero-order valence-corrected chi connectivity index (χ0v) is 18.2. The van der Waals surface area contributed by atoms with Crippen molar-refractivity contribution in [3.8, 4) is 11.8 Å². The van der Waals surface area contributed by atoms with Gasteiger partial charge in [-0.3, -0.25) is 19.3 Å². The highest BCUT2D eigenvalue weighted by Gasteiger charge is 2.54. The highest BCUT2D eigenvalue weighted by atomic mass is 32.2. The number of carboxylic acid groups (broad SMARTS) is 1. The number of carbonyl (C=O) groups excluding carboxylic acids is 3. The molecule has 0 radical (unpaired) electrons. The maximum atomic E-state index is 12.5. The van der Waals surface area contributed by atoms with Gasteiger partial charge < -0.3 is 25.7 Å². The van der Waals surface area contributed by atoms with Crippen LogP contribution in [0.15, 0.2) is 21.8 Å². The van der Waals surface area contributed by atoms with Gasteiger partial charge in [0.2, 0.25) is 0 Å². The van der Waals surface area contributed by atoms with Crippen LogP contribution in [0.5, 0.6) is 0 Å². The number of anilines is 1. The van der Waals surface area contributed by atoms with Crippen molar-refractivity contribution in [1.82, 2.24) is 15.2 Å². The lowest BCUT2D eigenvalue weighted by Gasteiger charge is -2.49. The number of rotatable bonds is 7. The lowest BCUT2D eigenvalue weighted by Crippen LogP contribution is -2.70. The smallest absolute Gasteiger partial charge is 0.352 e. The van der Waals surface area contributed by atoms with E-state index in [1.54, 1.807) is 5.38 Å². The number of carboxylic acids is 1. The molecule has 32 heavy (non-hydrogen) atoms. The molecule has 0 spiro atoms. The maximum Gasteiger partial charge on any atom is 0.352 e. The lowest BCUT2D eigenvalue weighted by atomic mass is 10.0. The van der Waals surface area contributed by atoms with E-state index in [1.807, 2.05) is 0 Å². The van der Waals surface area contributed by atoms with E-state index in [0.717, 1.165) is 11.1 Å². The molecule has 4 N–H and O–H groups in total. The van der Waals surface area contributed by atoms with Gasteiger partial charge in [0.25, 0.3) is 11.8 Å². The number of oxime groups is 1. The Hall–Kier alpha value is -3.57. The summed E-state index contributed by atoms with van der Waals surface area (Å²) in [5.74, 6) is 2.44. The Morgan fingerprint density at radius 3 is 2.94 bits per heavy atom. The molecule has 0 bridgehead atoms. The summed E-state index contributed by atoms with van der Waals surface area (Å²) in [5.41, 5.74) is 6.06. The molecule has 1 aromatic rings. The molecule has 168 valence electrons. The molecule has 0 aromatic carbocycles. The third-order valence-electron chi connectivity index (χ3n) is 4.12. The van der Waals surface area contributed by atoms with E-state index in [9.17, 15) is 24.3 Å². The van der Waals surface area contributed by atoms with Crippen LogP contribution in [0.1, 0.15) is 12.6 Å². The Morgan fingerprint density at radius 1 is 1.50 bits per heavy atom. The number of nitrogens with zero attached hydrogens (tertiary/aromatic N) is 3. The van der Waals surface area contributed by atoms with E-state index >= 15 is 0 Å². The van der Waals surface area contributed by atoms with Gasteiger partial charge in [-0.15, -0.1) is 23.1 Å². The first-order valence-corrected chi connectivity index (χ1v) is 10.9. The first-order valence-electron chi connectivity index (χ1n) is 8.97. The Balaban J connectivity index is 1.51. The van der Waals surface area contributed by atoms with Crippen molar-refractivity contribution in [2.45, 2.75) is 18.3 Å². The van der Waals surface area contributed by atoms with E-state index in [0.29, 0.717) is 16.4 Å². The molecule has 1 aromatic heterocycles. The van der Waals surface area contributed by atoms with Crippen molar-refractivity contribution < 1.29 is 33.9 Å². The lowest BCUT2D eigenvalue weighted by molar-refractivity contribution is -0.150. The van der Waals surface area contributed by atoms with Gasteiger partial charge in [0.15, 0.2) is 11.7 Å². The molecule has 2 amide bonds. The average Bonchev–Trinajstić information content (AvgIpc) is 3.16. The van der Waals surface area contributed by atoms with Crippen LogP contribution in [0.25, 0.3) is 0 Å². The minimum atomic E-state index is -1.31. The Kier molecular flexibility index (Phi) is 7.33. The Morgan fingerprint density at radius 2 is 2.28 bits per heavy atom. The third-order valence-corrected chi connectivity index (χ3v) is 6.13. The molecular formula is C18H17N5O7S2. The summed E-state index contributed by atoms with van der Waals surface area (Å²) >= 11 is 2.51. The summed E-state index contributed by atoms with van der Waals surface area (Å²) in [5, 5.41) is 16.9. The van der Waals surface area contributed by atoms with Crippen LogP contribution >= 0.6 is 23.1 Å². The molecule has 0 unspecified atom stereocenters. The molecular weight excluding hydrogens is 462 g/mol.